The van der Waals surface area contributed by atoms with Crippen molar-refractivity contribution in [2.45, 2.75) is 32.7 Å². The largest absolute Gasteiger partial charge is 0.573 e. The number of nitrogens with zero attached hydrogens (tertiary/aromatic N) is 1. The van der Waals surface area contributed by atoms with Crippen molar-refractivity contribution in [1.29, 1.82) is 0 Å². The molecule has 33 heavy (non-hydrogen) atoms. The Bertz CT molecular complexity index is 1270. The van der Waals surface area contributed by atoms with Crippen LogP contribution in [0.2, 0.25) is 0 Å². The Morgan fingerprint density at radius 2 is 1.82 bits per heavy atom. The molecule has 0 fully saturated rings. The Labute approximate surface area is 188 Å². The van der Waals surface area contributed by atoms with Crippen LogP contribution in [0, 0.1) is 0 Å². The first-order valence-electron chi connectivity index (χ1n) is 10.5. The number of alkyl halides is 3. The predicted octanol–water partition coefficient (Wildman–Crippen LogP) is 6.70. The second kappa shape index (κ2) is 8.97. The lowest BCUT2D eigenvalue weighted by Crippen LogP contribution is -2.20. The van der Waals surface area contributed by atoms with Crippen LogP contribution in [0.5, 0.6) is 5.75 Å². The minimum absolute atomic E-state index is 0.224. The summed E-state index contributed by atoms with van der Waals surface area (Å²) in [6, 6.07) is 18.4. The number of rotatable bonds is 6. The third kappa shape index (κ3) is 5.00. The van der Waals surface area contributed by atoms with Crippen LogP contribution >= 0.6 is 0 Å². The molecule has 2 aliphatic rings. The number of para-hydroxylation sites is 2. The van der Waals surface area contributed by atoms with Gasteiger partial charge in [-0.15, -0.1) is 13.2 Å². The Morgan fingerprint density at radius 3 is 2.58 bits per heavy atom. The summed E-state index contributed by atoms with van der Waals surface area (Å²) in [5.41, 5.74) is 3.47. The van der Waals surface area contributed by atoms with Crippen molar-refractivity contribution in [2.75, 3.05) is 10.6 Å². The van der Waals surface area contributed by atoms with E-state index in [2.05, 4.69) is 29.2 Å². The normalized spacial score (nSPS) is 12.5. The van der Waals surface area contributed by atoms with E-state index in [0.29, 0.717) is 11.4 Å². The molecule has 0 bridgehead atoms. The van der Waals surface area contributed by atoms with E-state index in [1.54, 1.807) is 18.2 Å². The number of nitrogens with one attached hydrogen (secondary N) is 2. The van der Waals surface area contributed by atoms with Crippen LogP contribution in [0.4, 0.5) is 24.5 Å². The van der Waals surface area contributed by atoms with Crippen molar-refractivity contribution < 1.29 is 22.7 Å². The first-order chi connectivity index (χ1) is 15.7. The molecular weight excluding hydrogens is 431 g/mol. The van der Waals surface area contributed by atoms with Gasteiger partial charge in [0.05, 0.1) is 22.5 Å². The molecule has 2 aromatic rings. The number of hydrogen-bond acceptors (Lipinski definition) is 4. The van der Waals surface area contributed by atoms with Gasteiger partial charge in [0.15, 0.2) is 0 Å². The number of carbonyl (C=O) groups excluding carboxylic acids is 1. The zero-order valence-corrected chi connectivity index (χ0v) is 18.0. The van der Waals surface area contributed by atoms with Crippen LogP contribution in [0.25, 0.3) is 22.2 Å². The van der Waals surface area contributed by atoms with Crippen LogP contribution in [0.15, 0.2) is 66.7 Å². The average Bonchev–Trinajstić information content (AvgIpc) is 2.98. The summed E-state index contributed by atoms with van der Waals surface area (Å²) in [6.07, 6.45) is -3.94. The average molecular weight is 453 g/mol. The Hall–Kier alpha value is -3.81. The van der Waals surface area contributed by atoms with Gasteiger partial charge in [0, 0.05) is 22.7 Å². The van der Waals surface area contributed by atoms with E-state index in [4.69, 9.17) is 4.98 Å². The quantitative estimate of drug-likeness (QED) is 0.341. The smallest absolute Gasteiger partial charge is 0.405 e. The maximum atomic E-state index is 12.8. The van der Waals surface area contributed by atoms with Crippen LogP contribution in [0.3, 0.4) is 0 Å². The van der Waals surface area contributed by atoms with E-state index in [0.717, 1.165) is 34.6 Å². The SMILES string of the molecule is CCC(C)Nc1cccc2c3cccc(NC(=O)c4ccccc4OC(F)(F)F)cc-3nc12. The van der Waals surface area contributed by atoms with E-state index < -0.39 is 18.0 Å². The fraction of sp³-hybridized carbons (Fsp3) is 0.200. The molecule has 1 atom stereocenters. The fourth-order valence-electron chi connectivity index (χ4n) is 3.56. The van der Waals surface area contributed by atoms with Gasteiger partial charge in [-0.25, -0.2) is 4.98 Å². The summed E-state index contributed by atoms with van der Waals surface area (Å²) in [4.78, 5) is 17.5. The summed E-state index contributed by atoms with van der Waals surface area (Å²) in [7, 11) is 0. The maximum absolute atomic E-state index is 12.8. The molecule has 2 N–H and O–H groups in total. The lowest BCUT2D eigenvalue weighted by Gasteiger charge is -2.13. The second-order valence-electron chi connectivity index (χ2n) is 7.69. The van der Waals surface area contributed by atoms with E-state index >= 15 is 0 Å². The first-order valence-corrected chi connectivity index (χ1v) is 10.5. The molecule has 5 nitrogen and oxygen atoms in total. The zero-order valence-electron chi connectivity index (χ0n) is 18.0. The number of ether oxygens (including phenoxy) is 1. The molecule has 0 aromatic heterocycles. The van der Waals surface area contributed by atoms with Gasteiger partial charge in [-0.1, -0.05) is 43.3 Å². The number of aromatic nitrogens is 1. The van der Waals surface area contributed by atoms with Gasteiger partial charge in [-0.2, -0.15) is 0 Å². The van der Waals surface area contributed by atoms with Crippen LogP contribution in [-0.2, 0) is 0 Å². The van der Waals surface area contributed by atoms with Crippen molar-refractivity contribution in [3.05, 3.63) is 72.3 Å². The molecule has 2 aromatic carbocycles. The van der Waals surface area contributed by atoms with E-state index in [1.807, 2.05) is 24.3 Å². The van der Waals surface area contributed by atoms with Gasteiger partial charge in [0.25, 0.3) is 5.91 Å². The summed E-state index contributed by atoms with van der Waals surface area (Å²) in [6.45, 7) is 4.19. The van der Waals surface area contributed by atoms with Gasteiger partial charge in [-0.3, -0.25) is 4.79 Å². The third-order valence-corrected chi connectivity index (χ3v) is 5.29. The molecule has 170 valence electrons. The lowest BCUT2D eigenvalue weighted by molar-refractivity contribution is -0.274. The van der Waals surface area contributed by atoms with Crippen molar-refractivity contribution in [3.8, 4) is 17.0 Å². The highest BCUT2D eigenvalue weighted by Crippen LogP contribution is 2.36. The van der Waals surface area contributed by atoms with Crippen LogP contribution < -0.4 is 15.4 Å². The predicted molar refractivity (Wildman–Crippen MR) is 123 cm³/mol. The van der Waals surface area contributed by atoms with Gasteiger partial charge in [-0.05, 0) is 43.7 Å². The molecule has 1 aliphatic carbocycles. The fourth-order valence-corrected chi connectivity index (χ4v) is 3.56. The monoisotopic (exact) mass is 453 g/mol. The molecule has 1 heterocycles. The molecule has 1 amide bonds. The van der Waals surface area contributed by atoms with Crippen molar-refractivity contribution in [3.63, 3.8) is 0 Å². The number of halogens is 3. The molecule has 0 saturated heterocycles. The summed E-state index contributed by atoms with van der Waals surface area (Å²) >= 11 is 0. The van der Waals surface area contributed by atoms with Gasteiger partial charge in [0.1, 0.15) is 5.75 Å². The number of hydrogen-bond donors (Lipinski definition) is 2. The molecule has 1 aliphatic heterocycles. The molecular formula is C25H22F3N3O2. The highest BCUT2D eigenvalue weighted by molar-refractivity contribution is 6.07. The lowest BCUT2D eigenvalue weighted by atomic mass is 10.1. The molecule has 0 radical (unpaired) electrons. The second-order valence-corrected chi connectivity index (χ2v) is 7.69. The standard InChI is InChI=1S/C25H22F3N3O2/c1-3-15(2)29-20-12-7-11-18-17-10-6-8-16(14-21(17)31-23(18)20)30-24(32)19-9-4-5-13-22(19)33-25(26,27)28/h4-15,29H,3H2,1-2H3,(H,30,32). The molecule has 1 unspecified atom stereocenters. The molecule has 4 rings (SSSR count). The summed E-state index contributed by atoms with van der Waals surface area (Å²) in [5, 5.41) is 7.08. The summed E-state index contributed by atoms with van der Waals surface area (Å²) in [5.74, 6) is -1.28. The zero-order chi connectivity index (χ0) is 23.6. The number of fused-ring (bicyclic) bond motifs is 3. The Morgan fingerprint density at radius 1 is 1.06 bits per heavy atom. The number of amides is 1. The number of carbonyl (C=O) groups is 1. The maximum Gasteiger partial charge on any atom is 0.573 e. The molecule has 0 spiro atoms. The van der Waals surface area contributed by atoms with Crippen molar-refractivity contribution in [2.24, 2.45) is 0 Å². The third-order valence-electron chi connectivity index (χ3n) is 5.29. The topological polar surface area (TPSA) is 63.2 Å². The molecule has 8 heteroatoms. The van der Waals surface area contributed by atoms with Gasteiger partial charge < -0.3 is 15.4 Å². The van der Waals surface area contributed by atoms with Gasteiger partial charge >= 0.3 is 6.36 Å². The minimum Gasteiger partial charge on any atom is -0.405 e. The number of anilines is 2. The van der Waals surface area contributed by atoms with Crippen LogP contribution in [0.1, 0.15) is 30.6 Å². The molecule has 0 saturated carbocycles. The highest BCUT2D eigenvalue weighted by atomic mass is 19.4. The number of benzene rings is 2. The first kappa shape index (κ1) is 22.4. The Balaban J connectivity index is 1.67. The van der Waals surface area contributed by atoms with E-state index in [1.165, 1.54) is 18.2 Å². The summed E-state index contributed by atoms with van der Waals surface area (Å²) < 4.78 is 42.1. The van der Waals surface area contributed by atoms with E-state index in [9.17, 15) is 18.0 Å². The minimum atomic E-state index is -4.90. The highest BCUT2D eigenvalue weighted by Gasteiger charge is 2.32. The van der Waals surface area contributed by atoms with Gasteiger partial charge in [0.2, 0.25) is 0 Å². The van der Waals surface area contributed by atoms with E-state index in [-0.39, 0.29) is 11.6 Å². The van der Waals surface area contributed by atoms with Crippen molar-refractivity contribution >= 4 is 28.2 Å². The Kier molecular flexibility index (Phi) is 6.09. The van der Waals surface area contributed by atoms with Crippen molar-refractivity contribution in [1.82, 2.24) is 4.98 Å². The van der Waals surface area contributed by atoms with Crippen LogP contribution in [-0.4, -0.2) is 23.3 Å².